The molecular weight excluding hydrogens is 841 g/mol. The van der Waals surface area contributed by atoms with Gasteiger partial charge in [-0.15, -0.1) is 0 Å². The van der Waals surface area contributed by atoms with Crippen LogP contribution < -0.4 is 31.1 Å². The van der Waals surface area contributed by atoms with Gasteiger partial charge in [0, 0.05) is 85.7 Å². The number of morpholine rings is 2. The highest BCUT2D eigenvalue weighted by Crippen LogP contribution is 2.43. The highest BCUT2D eigenvalue weighted by molar-refractivity contribution is 5.90. The van der Waals surface area contributed by atoms with Gasteiger partial charge in [-0.3, -0.25) is 9.59 Å². The van der Waals surface area contributed by atoms with Crippen molar-refractivity contribution in [3.05, 3.63) is 71.0 Å². The standard InChI is InChI=1S/2C24H30N6O3/c2*1-3-25-24(32)26-17-6-4-16(5-7-17)22-27-21-18(10-11-30-19(21)8-9-20(30)31)23(28-22)29-12-13-33-14-15(29)2/h2*4-7,15,19H,3,8-14H2,1-2H3,(H2,25,26,32)/t2*15-,19?/m00/s1. The lowest BCUT2D eigenvalue weighted by molar-refractivity contribution is -0.130. The number of hydrogen-bond acceptors (Lipinski definition) is 12. The van der Waals surface area contributed by atoms with Crippen LogP contribution in [0.2, 0.25) is 0 Å². The van der Waals surface area contributed by atoms with Crippen LogP contribution in [0.4, 0.5) is 32.6 Å². The Morgan fingerprint density at radius 3 is 1.36 bits per heavy atom. The van der Waals surface area contributed by atoms with Crippen molar-refractivity contribution in [2.75, 3.05) is 86.1 Å². The van der Waals surface area contributed by atoms with Gasteiger partial charge < -0.3 is 50.3 Å². The Bertz CT molecular complexity index is 2280. The summed E-state index contributed by atoms with van der Waals surface area (Å²) in [5.74, 6) is 3.66. The van der Waals surface area contributed by atoms with Crippen LogP contribution in [0.5, 0.6) is 0 Å². The molecule has 4 atom stereocenters. The molecule has 4 aromatic rings. The summed E-state index contributed by atoms with van der Waals surface area (Å²) < 4.78 is 11.3. The molecule has 0 aliphatic carbocycles. The Kier molecular flexibility index (Phi) is 13.3. The lowest BCUT2D eigenvalue weighted by Gasteiger charge is -2.38. The summed E-state index contributed by atoms with van der Waals surface area (Å²) in [7, 11) is 0. The average Bonchev–Trinajstić information content (AvgIpc) is 3.91. The first kappa shape index (κ1) is 44.8. The number of carbonyl (C=O) groups is 4. The van der Waals surface area contributed by atoms with Crippen molar-refractivity contribution >= 4 is 46.9 Å². The Hall–Kier alpha value is -6.40. The molecule has 18 heteroatoms. The van der Waals surface area contributed by atoms with Gasteiger partial charge in [-0.1, -0.05) is 0 Å². The Labute approximate surface area is 385 Å². The number of fused-ring (bicyclic) bond motifs is 6. The molecule has 2 aromatic carbocycles. The summed E-state index contributed by atoms with van der Waals surface area (Å²) in [5.41, 5.74) is 7.46. The topological polar surface area (TPSA) is 199 Å². The molecule has 10 rings (SSSR count). The van der Waals surface area contributed by atoms with Crippen LogP contribution in [0.3, 0.4) is 0 Å². The molecule has 0 spiro atoms. The van der Waals surface area contributed by atoms with Gasteiger partial charge in [0.25, 0.3) is 0 Å². The second kappa shape index (κ2) is 19.6. The van der Waals surface area contributed by atoms with Crippen LogP contribution in [0.15, 0.2) is 48.5 Å². The van der Waals surface area contributed by atoms with Crippen LogP contribution in [-0.2, 0) is 31.9 Å². The van der Waals surface area contributed by atoms with Gasteiger partial charge >= 0.3 is 12.1 Å². The molecule has 4 fully saturated rings. The van der Waals surface area contributed by atoms with Crippen molar-refractivity contribution in [1.29, 1.82) is 0 Å². The summed E-state index contributed by atoms with van der Waals surface area (Å²) in [6, 6.07) is 15.2. The first-order valence-corrected chi connectivity index (χ1v) is 23.5. The number of aromatic nitrogens is 4. The molecule has 2 unspecified atom stereocenters. The number of ether oxygens (including phenoxy) is 2. The van der Waals surface area contributed by atoms with Gasteiger partial charge in [0.1, 0.15) is 11.6 Å². The fraction of sp³-hybridized carbons (Fsp3) is 0.500. The number of urea groups is 2. The van der Waals surface area contributed by atoms with Gasteiger partial charge in [-0.05, 0) is 102 Å². The molecule has 0 saturated carbocycles. The molecule has 6 aliphatic rings. The van der Waals surface area contributed by atoms with E-state index < -0.39 is 0 Å². The maximum Gasteiger partial charge on any atom is 0.319 e. The third-order valence-electron chi connectivity index (χ3n) is 13.3. The molecule has 0 bridgehead atoms. The Morgan fingerprint density at radius 1 is 0.576 bits per heavy atom. The van der Waals surface area contributed by atoms with Crippen LogP contribution in [-0.4, -0.2) is 131 Å². The minimum atomic E-state index is -0.232. The van der Waals surface area contributed by atoms with Gasteiger partial charge in [-0.25, -0.2) is 29.5 Å². The van der Waals surface area contributed by atoms with E-state index in [0.29, 0.717) is 75.4 Å². The van der Waals surface area contributed by atoms with E-state index >= 15 is 0 Å². The molecule has 66 heavy (non-hydrogen) atoms. The predicted molar refractivity (Wildman–Crippen MR) is 250 cm³/mol. The Morgan fingerprint density at radius 2 is 0.985 bits per heavy atom. The van der Waals surface area contributed by atoms with Crippen LogP contribution in [0.25, 0.3) is 22.8 Å². The number of carbonyl (C=O) groups excluding carboxylic acids is 4. The zero-order valence-corrected chi connectivity index (χ0v) is 38.3. The highest BCUT2D eigenvalue weighted by atomic mass is 16.5. The molecule has 18 nitrogen and oxygen atoms in total. The first-order chi connectivity index (χ1) is 32.1. The van der Waals surface area contributed by atoms with Crippen molar-refractivity contribution in [2.24, 2.45) is 0 Å². The minimum absolute atomic E-state index is 0.0248. The van der Waals surface area contributed by atoms with Crippen LogP contribution in [0, 0.1) is 0 Å². The molecular formula is C48H60N12O6. The number of amides is 6. The van der Waals surface area contributed by atoms with E-state index in [1.165, 1.54) is 0 Å². The smallest absolute Gasteiger partial charge is 0.319 e. The van der Waals surface area contributed by atoms with Gasteiger partial charge in [-0.2, -0.15) is 0 Å². The van der Waals surface area contributed by atoms with Crippen molar-refractivity contribution < 1.29 is 28.7 Å². The number of nitrogens with zero attached hydrogens (tertiary/aromatic N) is 8. The first-order valence-electron chi connectivity index (χ1n) is 23.5. The molecule has 4 N–H and O–H groups in total. The molecule has 4 saturated heterocycles. The van der Waals surface area contributed by atoms with Crippen LogP contribution >= 0.6 is 0 Å². The summed E-state index contributed by atoms with van der Waals surface area (Å²) in [6.45, 7) is 14.9. The molecule has 2 aromatic heterocycles. The number of nitrogens with one attached hydrogen (secondary N) is 4. The van der Waals surface area contributed by atoms with E-state index in [-0.39, 0.29) is 48.0 Å². The zero-order chi connectivity index (χ0) is 45.9. The minimum Gasteiger partial charge on any atom is -0.377 e. The maximum atomic E-state index is 12.4. The summed E-state index contributed by atoms with van der Waals surface area (Å²) in [4.78, 5) is 77.1. The SMILES string of the molecule is CCNC(=O)Nc1ccc(-c2nc3c(c(N4CCOC[C@@H]4C)n2)CCN2C(=O)CCC32)cc1.CCNC(=O)Nc1ccc(-c2nc3c(c(N4CCOC[C@@H]4C)n2)CCN2C(=O)CCC32)cc1. The van der Waals surface area contributed by atoms with E-state index in [1.807, 2.05) is 72.2 Å². The van der Waals surface area contributed by atoms with Gasteiger partial charge in [0.05, 0.1) is 62.0 Å². The number of anilines is 4. The van der Waals surface area contributed by atoms with E-state index in [0.717, 1.165) is 97.1 Å². The second-order valence-corrected chi connectivity index (χ2v) is 17.6. The third kappa shape index (κ3) is 9.20. The number of hydrogen-bond donors (Lipinski definition) is 4. The van der Waals surface area contributed by atoms with Crippen molar-refractivity contribution in [2.45, 2.75) is 90.4 Å². The van der Waals surface area contributed by atoms with Gasteiger partial charge in [0.2, 0.25) is 11.8 Å². The summed E-state index contributed by atoms with van der Waals surface area (Å²) >= 11 is 0. The normalized spacial score (nSPS) is 22.1. The lowest BCUT2D eigenvalue weighted by atomic mass is 9.97. The average molecular weight is 901 g/mol. The van der Waals surface area contributed by atoms with E-state index in [9.17, 15) is 19.2 Å². The fourth-order valence-electron chi connectivity index (χ4n) is 9.96. The quantitative estimate of drug-likeness (QED) is 0.175. The largest absolute Gasteiger partial charge is 0.377 e. The second-order valence-electron chi connectivity index (χ2n) is 17.6. The van der Waals surface area contributed by atoms with E-state index in [4.69, 9.17) is 29.4 Å². The van der Waals surface area contributed by atoms with Crippen molar-refractivity contribution in [3.8, 4) is 22.8 Å². The summed E-state index contributed by atoms with van der Waals surface area (Å²) in [5, 5.41) is 11.1. The number of rotatable bonds is 8. The number of benzene rings is 2. The van der Waals surface area contributed by atoms with Gasteiger partial charge in [0.15, 0.2) is 11.6 Å². The van der Waals surface area contributed by atoms with Crippen LogP contribution in [0.1, 0.15) is 88.0 Å². The molecule has 0 radical (unpaired) electrons. The molecule has 348 valence electrons. The van der Waals surface area contributed by atoms with E-state index in [2.05, 4.69) is 44.9 Å². The third-order valence-corrected chi connectivity index (χ3v) is 13.3. The monoisotopic (exact) mass is 900 g/mol. The highest BCUT2D eigenvalue weighted by Gasteiger charge is 2.41. The fourth-order valence-corrected chi connectivity index (χ4v) is 9.96. The molecule has 8 heterocycles. The predicted octanol–water partition coefficient (Wildman–Crippen LogP) is 5.46. The maximum absolute atomic E-state index is 12.4. The molecule has 6 amide bonds. The lowest BCUT2D eigenvalue weighted by Crippen LogP contribution is -2.45. The molecule has 6 aliphatic heterocycles. The zero-order valence-electron chi connectivity index (χ0n) is 38.3. The van der Waals surface area contributed by atoms with Crippen molar-refractivity contribution in [1.82, 2.24) is 40.4 Å². The van der Waals surface area contributed by atoms with Crippen molar-refractivity contribution in [3.63, 3.8) is 0 Å². The Balaban J connectivity index is 0.000000166. The summed E-state index contributed by atoms with van der Waals surface area (Å²) in [6.07, 6.45) is 4.30. The van der Waals surface area contributed by atoms with E-state index in [1.54, 1.807) is 0 Å².